The summed E-state index contributed by atoms with van der Waals surface area (Å²) in [6, 6.07) is 0. The van der Waals surface area contributed by atoms with Gasteiger partial charge in [0.15, 0.2) is 0 Å². The van der Waals surface area contributed by atoms with Crippen LogP contribution in [0, 0.1) is 17.3 Å². The summed E-state index contributed by atoms with van der Waals surface area (Å²) >= 11 is 0. The molecule has 1 aliphatic rings. The highest BCUT2D eigenvalue weighted by Crippen LogP contribution is 2.56. The van der Waals surface area contributed by atoms with Gasteiger partial charge in [0.25, 0.3) is 0 Å². The van der Waals surface area contributed by atoms with Crippen LogP contribution in [0.15, 0.2) is 0 Å². The van der Waals surface area contributed by atoms with E-state index in [1.807, 2.05) is 0 Å². The molecule has 9 heavy (non-hydrogen) atoms. The Morgan fingerprint density at radius 1 is 1.67 bits per heavy atom. The van der Waals surface area contributed by atoms with E-state index >= 15 is 0 Å². The fraction of sp³-hybridized carbons (Fsp3) is 1.00. The first-order chi connectivity index (χ1) is 4.11. The van der Waals surface area contributed by atoms with Crippen molar-refractivity contribution < 1.29 is 5.11 Å². The van der Waals surface area contributed by atoms with E-state index in [0.29, 0.717) is 17.9 Å². The van der Waals surface area contributed by atoms with Gasteiger partial charge in [-0.25, -0.2) is 0 Å². The Kier molecular flexibility index (Phi) is 1.55. The Morgan fingerprint density at radius 3 is 2.33 bits per heavy atom. The Labute approximate surface area is 57.1 Å². The average molecular weight is 128 g/mol. The largest absolute Gasteiger partial charge is 0.396 e. The maximum absolute atomic E-state index is 8.79. The van der Waals surface area contributed by atoms with E-state index in [0.717, 1.165) is 5.92 Å². The van der Waals surface area contributed by atoms with Gasteiger partial charge in [-0.2, -0.15) is 0 Å². The van der Waals surface area contributed by atoms with Gasteiger partial charge in [-0.15, -0.1) is 0 Å². The molecule has 1 aliphatic carbocycles. The fourth-order valence-electron chi connectivity index (χ4n) is 1.45. The van der Waals surface area contributed by atoms with Gasteiger partial charge in [0.2, 0.25) is 0 Å². The minimum Gasteiger partial charge on any atom is -0.396 e. The topological polar surface area (TPSA) is 20.2 Å². The molecule has 1 heteroatoms. The van der Waals surface area contributed by atoms with Crippen molar-refractivity contribution >= 4 is 0 Å². The van der Waals surface area contributed by atoms with Crippen LogP contribution in [0.2, 0.25) is 0 Å². The highest BCUT2D eigenvalue weighted by Gasteiger charge is 2.51. The second kappa shape index (κ2) is 1.98. The first kappa shape index (κ1) is 7.07. The molecule has 1 nitrogen and oxygen atoms in total. The molecule has 1 fully saturated rings. The lowest BCUT2D eigenvalue weighted by Crippen LogP contribution is -2.08. The smallest absolute Gasteiger partial charge is 0.0464 e. The lowest BCUT2D eigenvalue weighted by molar-refractivity contribution is 0.233. The third-order valence-corrected chi connectivity index (χ3v) is 3.00. The van der Waals surface area contributed by atoms with Crippen molar-refractivity contribution in [1.82, 2.24) is 0 Å². The normalized spacial score (nSPS) is 41.7. The molecule has 1 saturated carbocycles. The lowest BCUT2D eigenvalue weighted by atomic mass is 9.92. The molecule has 1 rings (SSSR count). The van der Waals surface area contributed by atoms with Crippen molar-refractivity contribution in [3.8, 4) is 0 Å². The Morgan fingerprint density at radius 2 is 2.22 bits per heavy atom. The predicted octanol–water partition coefficient (Wildman–Crippen LogP) is 1.66. The van der Waals surface area contributed by atoms with Gasteiger partial charge in [-0.3, -0.25) is 0 Å². The van der Waals surface area contributed by atoms with E-state index in [1.165, 1.54) is 6.42 Å². The number of aliphatic hydroxyl groups is 1. The molecule has 0 heterocycles. The maximum Gasteiger partial charge on any atom is 0.0464 e. The molecular weight excluding hydrogens is 112 g/mol. The highest BCUT2D eigenvalue weighted by molar-refractivity contribution is 5.00. The average Bonchev–Trinajstić information content (AvgIpc) is 2.44. The van der Waals surface area contributed by atoms with Crippen LogP contribution in [0.1, 0.15) is 27.2 Å². The van der Waals surface area contributed by atoms with Crippen molar-refractivity contribution in [2.75, 3.05) is 6.61 Å². The van der Waals surface area contributed by atoms with E-state index in [4.69, 9.17) is 5.11 Å². The summed E-state index contributed by atoms with van der Waals surface area (Å²) in [5.41, 5.74) is 0.467. The summed E-state index contributed by atoms with van der Waals surface area (Å²) in [6.45, 7) is 7.11. The van der Waals surface area contributed by atoms with Crippen molar-refractivity contribution in [3.63, 3.8) is 0 Å². The summed E-state index contributed by atoms with van der Waals surface area (Å²) in [7, 11) is 0. The van der Waals surface area contributed by atoms with Crippen LogP contribution in [-0.2, 0) is 0 Å². The molecule has 0 aromatic heterocycles. The van der Waals surface area contributed by atoms with Crippen LogP contribution in [-0.4, -0.2) is 11.7 Å². The van der Waals surface area contributed by atoms with E-state index < -0.39 is 0 Å². The van der Waals surface area contributed by atoms with Gasteiger partial charge in [-0.1, -0.05) is 20.8 Å². The molecule has 0 spiro atoms. The standard InChI is InChI=1S/C8H16O/c1-6(2)8(3)4-7(8)5-9/h6-7,9H,4-5H2,1-3H3/t7-,8-/m1/s1. The van der Waals surface area contributed by atoms with Crippen LogP contribution in [0.5, 0.6) is 0 Å². The Balaban J connectivity index is 2.42. The number of hydrogen-bond acceptors (Lipinski definition) is 1. The third-order valence-electron chi connectivity index (χ3n) is 3.00. The number of hydrogen-bond donors (Lipinski definition) is 1. The van der Waals surface area contributed by atoms with Crippen LogP contribution in [0.25, 0.3) is 0 Å². The molecule has 0 unspecified atom stereocenters. The van der Waals surface area contributed by atoms with Gasteiger partial charge >= 0.3 is 0 Å². The lowest BCUT2D eigenvalue weighted by Gasteiger charge is -2.13. The van der Waals surface area contributed by atoms with Gasteiger partial charge in [0.1, 0.15) is 0 Å². The molecule has 1 N–H and O–H groups in total. The van der Waals surface area contributed by atoms with Crippen LogP contribution in [0.4, 0.5) is 0 Å². The first-order valence-electron chi connectivity index (χ1n) is 3.72. The second-order valence-electron chi connectivity index (χ2n) is 3.74. The zero-order valence-electron chi connectivity index (χ0n) is 6.52. The maximum atomic E-state index is 8.79. The van der Waals surface area contributed by atoms with Crippen molar-refractivity contribution in [2.24, 2.45) is 17.3 Å². The zero-order chi connectivity index (χ0) is 7.07. The molecular formula is C8H16O. The third kappa shape index (κ3) is 0.983. The number of aliphatic hydroxyl groups excluding tert-OH is 1. The molecule has 2 atom stereocenters. The monoisotopic (exact) mass is 128 g/mol. The minimum atomic E-state index is 0.384. The van der Waals surface area contributed by atoms with Crippen molar-refractivity contribution in [3.05, 3.63) is 0 Å². The molecule has 0 bridgehead atoms. The van der Waals surface area contributed by atoms with Crippen molar-refractivity contribution in [2.45, 2.75) is 27.2 Å². The van der Waals surface area contributed by atoms with E-state index in [1.54, 1.807) is 0 Å². The highest BCUT2D eigenvalue weighted by atomic mass is 16.3. The molecule has 0 aromatic carbocycles. The van der Waals surface area contributed by atoms with Gasteiger partial charge < -0.3 is 5.11 Å². The van der Waals surface area contributed by atoms with Gasteiger partial charge in [0, 0.05) is 6.61 Å². The van der Waals surface area contributed by atoms with Crippen molar-refractivity contribution in [1.29, 1.82) is 0 Å². The van der Waals surface area contributed by atoms with E-state index in [9.17, 15) is 0 Å². The second-order valence-corrected chi connectivity index (χ2v) is 3.74. The molecule has 54 valence electrons. The Bertz CT molecular complexity index is 109. The van der Waals surface area contributed by atoms with Gasteiger partial charge in [-0.05, 0) is 23.7 Å². The molecule has 0 radical (unpaired) electrons. The SMILES string of the molecule is CC(C)[C@@]1(C)C[C@@H]1CO. The zero-order valence-corrected chi connectivity index (χ0v) is 6.52. The van der Waals surface area contributed by atoms with E-state index in [-0.39, 0.29) is 0 Å². The first-order valence-corrected chi connectivity index (χ1v) is 3.72. The van der Waals surface area contributed by atoms with Crippen LogP contribution >= 0.6 is 0 Å². The fourth-order valence-corrected chi connectivity index (χ4v) is 1.45. The molecule has 0 saturated heterocycles. The summed E-state index contributed by atoms with van der Waals surface area (Å²) in [4.78, 5) is 0. The molecule has 0 aromatic rings. The minimum absolute atomic E-state index is 0.384. The quantitative estimate of drug-likeness (QED) is 0.599. The summed E-state index contributed by atoms with van der Waals surface area (Å²) in [5.74, 6) is 1.33. The van der Waals surface area contributed by atoms with Crippen LogP contribution < -0.4 is 0 Å². The predicted molar refractivity (Wildman–Crippen MR) is 38.1 cm³/mol. The summed E-state index contributed by atoms with van der Waals surface area (Å²) in [5, 5.41) is 8.79. The number of rotatable bonds is 2. The molecule has 0 amide bonds. The Hall–Kier alpha value is -0.0400. The molecule has 0 aliphatic heterocycles. The van der Waals surface area contributed by atoms with Crippen LogP contribution in [0.3, 0.4) is 0 Å². The van der Waals surface area contributed by atoms with E-state index in [2.05, 4.69) is 20.8 Å². The summed E-state index contributed by atoms with van der Waals surface area (Å²) in [6.07, 6.45) is 1.22. The summed E-state index contributed by atoms with van der Waals surface area (Å²) < 4.78 is 0. The van der Waals surface area contributed by atoms with Gasteiger partial charge in [0.05, 0.1) is 0 Å².